The number of anilines is 1. The first kappa shape index (κ1) is 13.8. The molecule has 1 aromatic carbocycles. The summed E-state index contributed by atoms with van der Waals surface area (Å²) in [5.41, 5.74) is 5.99. The van der Waals surface area contributed by atoms with Crippen LogP contribution in [0.25, 0.3) is 0 Å². The maximum absolute atomic E-state index is 13.6. The van der Waals surface area contributed by atoms with Crippen LogP contribution in [0.1, 0.15) is 29.6 Å². The Labute approximate surface area is 112 Å². The Bertz CT molecular complexity index is 484. The van der Waals surface area contributed by atoms with Crippen molar-refractivity contribution in [3.63, 3.8) is 0 Å². The van der Waals surface area contributed by atoms with Gasteiger partial charge in [0.05, 0.1) is 5.56 Å². The summed E-state index contributed by atoms with van der Waals surface area (Å²) in [4.78, 5) is 14.1. The molecule has 2 rings (SSSR count). The van der Waals surface area contributed by atoms with Crippen LogP contribution in [0.5, 0.6) is 0 Å². The lowest BCUT2D eigenvalue weighted by Gasteiger charge is -2.47. The van der Waals surface area contributed by atoms with Crippen molar-refractivity contribution in [2.75, 3.05) is 26.4 Å². The Hall–Kier alpha value is -1.62. The smallest absolute Gasteiger partial charge is 0.254 e. The lowest BCUT2D eigenvalue weighted by atomic mass is 9.75. The van der Waals surface area contributed by atoms with Crippen molar-refractivity contribution < 1.29 is 9.18 Å². The predicted molar refractivity (Wildman–Crippen MR) is 73.4 cm³/mol. The van der Waals surface area contributed by atoms with Crippen molar-refractivity contribution in [1.82, 2.24) is 10.2 Å². The van der Waals surface area contributed by atoms with Crippen molar-refractivity contribution in [1.29, 1.82) is 0 Å². The van der Waals surface area contributed by atoms with Gasteiger partial charge < -0.3 is 16.0 Å². The maximum atomic E-state index is 13.6. The number of nitrogens with one attached hydrogen (secondary N) is 1. The molecule has 5 heteroatoms. The van der Waals surface area contributed by atoms with Gasteiger partial charge in [0.15, 0.2) is 0 Å². The zero-order chi connectivity index (χ0) is 14.0. The number of halogens is 1. The summed E-state index contributed by atoms with van der Waals surface area (Å²) in [6, 6.07) is 4.03. The number of carbonyl (C=O) groups excluding carboxylic acids is 1. The number of nitrogens with two attached hydrogens (primary N) is 1. The second kappa shape index (κ2) is 5.17. The number of nitrogens with zero attached hydrogens (tertiary/aromatic N) is 1. The van der Waals surface area contributed by atoms with Gasteiger partial charge in [-0.3, -0.25) is 4.79 Å². The number of hydrogen-bond acceptors (Lipinski definition) is 3. The third-order valence-electron chi connectivity index (χ3n) is 4.05. The summed E-state index contributed by atoms with van der Waals surface area (Å²) in [7, 11) is 4.01. The molecule has 0 radical (unpaired) electrons. The Balaban J connectivity index is 2.03. The summed E-state index contributed by atoms with van der Waals surface area (Å²) in [6.45, 7) is 0.535. The standard InChI is InChI=1S/C14H20FN3O/c1-18(2)14(6-3-7-14)9-17-13(19)11-8-10(16)4-5-12(11)15/h4-5,8H,3,6-7,9,16H2,1-2H3,(H,17,19). The molecule has 0 bridgehead atoms. The first-order valence-corrected chi connectivity index (χ1v) is 6.45. The summed E-state index contributed by atoms with van der Waals surface area (Å²) < 4.78 is 13.6. The third-order valence-corrected chi connectivity index (χ3v) is 4.05. The van der Waals surface area contributed by atoms with E-state index in [4.69, 9.17) is 5.73 Å². The highest BCUT2D eigenvalue weighted by Crippen LogP contribution is 2.35. The molecule has 0 unspecified atom stereocenters. The van der Waals surface area contributed by atoms with Gasteiger partial charge in [-0.05, 0) is 51.6 Å². The van der Waals surface area contributed by atoms with Crippen LogP contribution < -0.4 is 11.1 Å². The van der Waals surface area contributed by atoms with Gasteiger partial charge in [0, 0.05) is 17.8 Å². The van der Waals surface area contributed by atoms with Crippen molar-refractivity contribution in [2.45, 2.75) is 24.8 Å². The average Bonchev–Trinajstić information content (AvgIpc) is 2.30. The SMILES string of the molecule is CN(C)C1(CNC(=O)c2cc(N)ccc2F)CCC1. The van der Waals surface area contributed by atoms with Gasteiger partial charge >= 0.3 is 0 Å². The number of benzene rings is 1. The number of amides is 1. The molecule has 4 nitrogen and oxygen atoms in total. The molecule has 0 atom stereocenters. The highest BCUT2D eigenvalue weighted by Gasteiger charge is 2.39. The molecule has 0 aliphatic heterocycles. The average molecular weight is 265 g/mol. The van der Waals surface area contributed by atoms with E-state index in [0.29, 0.717) is 12.2 Å². The highest BCUT2D eigenvalue weighted by molar-refractivity contribution is 5.95. The normalized spacial score (nSPS) is 17.1. The molecule has 1 saturated carbocycles. The topological polar surface area (TPSA) is 58.4 Å². The van der Waals surface area contributed by atoms with Crippen LogP contribution >= 0.6 is 0 Å². The molecule has 104 valence electrons. The van der Waals surface area contributed by atoms with E-state index in [1.165, 1.54) is 24.6 Å². The fourth-order valence-electron chi connectivity index (χ4n) is 2.42. The lowest BCUT2D eigenvalue weighted by Crippen LogP contribution is -2.57. The summed E-state index contributed by atoms with van der Waals surface area (Å²) in [5.74, 6) is -0.947. The van der Waals surface area contributed by atoms with Crippen molar-refractivity contribution >= 4 is 11.6 Å². The maximum Gasteiger partial charge on any atom is 0.254 e. The fraction of sp³-hybridized carbons (Fsp3) is 0.500. The largest absolute Gasteiger partial charge is 0.399 e. The number of likely N-dealkylation sites (N-methyl/N-ethyl adjacent to an activating group) is 1. The predicted octanol–water partition coefficient (Wildman–Crippen LogP) is 1.62. The molecule has 3 N–H and O–H groups in total. The number of carbonyl (C=O) groups is 1. The first-order valence-electron chi connectivity index (χ1n) is 6.45. The zero-order valence-electron chi connectivity index (χ0n) is 11.4. The molecule has 1 aromatic rings. The lowest BCUT2D eigenvalue weighted by molar-refractivity contribution is 0.0556. The first-order chi connectivity index (χ1) is 8.94. The second-order valence-electron chi connectivity index (χ2n) is 5.39. The number of rotatable bonds is 4. The highest BCUT2D eigenvalue weighted by atomic mass is 19.1. The molecule has 0 heterocycles. The third kappa shape index (κ3) is 2.71. The van der Waals surface area contributed by atoms with E-state index in [2.05, 4.69) is 10.2 Å². The van der Waals surface area contributed by atoms with Gasteiger partial charge in [0.1, 0.15) is 5.82 Å². The van der Waals surface area contributed by atoms with E-state index in [0.717, 1.165) is 12.8 Å². The summed E-state index contributed by atoms with van der Waals surface area (Å²) in [6.07, 6.45) is 3.28. The van der Waals surface area contributed by atoms with Gasteiger partial charge in [-0.2, -0.15) is 0 Å². The van der Waals surface area contributed by atoms with Crippen LogP contribution in [0.2, 0.25) is 0 Å². The number of nitrogen functional groups attached to an aromatic ring is 1. The second-order valence-corrected chi connectivity index (χ2v) is 5.39. The van der Waals surface area contributed by atoms with E-state index in [9.17, 15) is 9.18 Å². The molecule has 1 amide bonds. The Morgan fingerprint density at radius 2 is 2.16 bits per heavy atom. The molecule has 1 fully saturated rings. The monoisotopic (exact) mass is 265 g/mol. The van der Waals surface area contributed by atoms with Crippen molar-refractivity contribution in [3.05, 3.63) is 29.6 Å². The van der Waals surface area contributed by atoms with Gasteiger partial charge in [-0.1, -0.05) is 0 Å². The van der Waals surface area contributed by atoms with E-state index in [1.54, 1.807) is 0 Å². The van der Waals surface area contributed by atoms with Crippen LogP contribution in [-0.4, -0.2) is 37.0 Å². The zero-order valence-corrected chi connectivity index (χ0v) is 11.4. The Morgan fingerprint density at radius 1 is 1.47 bits per heavy atom. The van der Waals surface area contributed by atoms with E-state index in [-0.39, 0.29) is 11.1 Å². The Kier molecular flexibility index (Phi) is 3.75. The van der Waals surface area contributed by atoms with Gasteiger partial charge in [-0.15, -0.1) is 0 Å². The Morgan fingerprint density at radius 3 is 2.68 bits per heavy atom. The molecule has 1 aliphatic carbocycles. The fourth-order valence-corrected chi connectivity index (χ4v) is 2.42. The van der Waals surface area contributed by atoms with Crippen molar-refractivity contribution in [2.24, 2.45) is 0 Å². The molecule has 0 saturated heterocycles. The summed E-state index contributed by atoms with van der Waals surface area (Å²) >= 11 is 0. The molecule has 0 spiro atoms. The minimum atomic E-state index is -0.542. The minimum absolute atomic E-state index is 0.00762. The van der Waals surface area contributed by atoms with E-state index >= 15 is 0 Å². The van der Waals surface area contributed by atoms with E-state index in [1.807, 2.05) is 14.1 Å². The van der Waals surface area contributed by atoms with Crippen LogP contribution in [0, 0.1) is 5.82 Å². The quantitative estimate of drug-likeness (QED) is 0.813. The van der Waals surface area contributed by atoms with Gasteiger partial charge in [0.25, 0.3) is 5.91 Å². The van der Waals surface area contributed by atoms with Crippen LogP contribution in [0.4, 0.5) is 10.1 Å². The van der Waals surface area contributed by atoms with Gasteiger partial charge in [0.2, 0.25) is 0 Å². The molecule has 19 heavy (non-hydrogen) atoms. The molecular formula is C14H20FN3O. The van der Waals surface area contributed by atoms with Crippen molar-refractivity contribution in [3.8, 4) is 0 Å². The van der Waals surface area contributed by atoms with Crippen LogP contribution in [-0.2, 0) is 0 Å². The van der Waals surface area contributed by atoms with Gasteiger partial charge in [-0.25, -0.2) is 4.39 Å². The minimum Gasteiger partial charge on any atom is -0.399 e. The molecule has 1 aliphatic rings. The number of hydrogen-bond donors (Lipinski definition) is 2. The van der Waals surface area contributed by atoms with Crippen LogP contribution in [0.15, 0.2) is 18.2 Å². The van der Waals surface area contributed by atoms with E-state index < -0.39 is 11.7 Å². The van der Waals surface area contributed by atoms with Crippen LogP contribution in [0.3, 0.4) is 0 Å². The summed E-state index contributed by atoms with van der Waals surface area (Å²) in [5, 5.41) is 2.81. The molecule has 0 aromatic heterocycles. The molecular weight excluding hydrogens is 245 g/mol.